The lowest BCUT2D eigenvalue weighted by Crippen LogP contribution is -2.13. The molecule has 0 bridgehead atoms. The van der Waals surface area contributed by atoms with E-state index < -0.39 is 5.91 Å². The monoisotopic (exact) mass is 427 g/mol. The minimum absolute atomic E-state index is 0.0181. The number of hydrogen-bond acceptors (Lipinski definition) is 4. The van der Waals surface area contributed by atoms with E-state index in [2.05, 4.69) is 5.32 Å². The van der Waals surface area contributed by atoms with Gasteiger partial charge in [-0.2, -0.15) is 5.26 Å². The predicted octanol–water partition coefficient (Wildman–Crippen LogP) is 5.04. The molecule has 6 nitrogen and oxygen atoms in total. The van der Waals surface area contributed by atoms with E-state index in [1.165, 1.54) is 7.11 Å². The maximum atomic E-state index is 12.7. The number of benzene rings is 2. The first-order chi connectivity index (χ1) is 15.2. The van der Waals surface area contributed by atoms with Crippen LogP contribution in [0.1, 0.15) is 38.4 Å². The lowest BCUT2D eigenvalue weighted by Gasteiger charge is -2.14. The van der Waals surface area contributed by atoms with Crippen LogP contribution in [0.15, 0.2) is 54.1 Å². The fourth-order valence-corrected chi connectivity index (χ4v) is 3.68. The van der Waals surface area contributed by atoms with Gasteiger partial charge in [-0.25, -0.2) is 4.79 Å². The van der Waals surface area contributed by atoms with E-state index in [9.17, 15) is 14.9 Å². The van der Waals surface area contributed by atoms with Crippen molar-refractivity contribution in [1.29, 1.82) is 5.26 Å². The summed E-state index contributed by atoms with van der Waals surface area (Å²) in [5.74, 6) is -0.843. The summed E-state index contributed by atoms with van der Waals surface area (Å²) < 4.78 is 6.83. The van der Waals surface area contributed by atoms with E-state index in [-0.39, 0.29) is 11.5 Å². The number of nitrogens with zero attached hydrogens (tertiary/aromatic N) is 2. The van der Waals surface area contributed by atoms with E-state index >= 15 is 0 Å². The highest BCUT2D eigenvalue weighted by atomic mass is 16.5. The number of nitrogens with one attached hydrogen (secondary N) is 1. The van der Waals surface area contributed by atoms with Gasteiger partial charge in [0.05, 0.1) is 12.7 Å². The molecule has 0 radical (unpaired) electrons. The summed E-state index contributed by atoms with van der Waals surface area (Å²) in [6.07, 6.45) is 1.60. The van der Waals surface area contributed by atoms with Crippen LogP contribution >= 0.6 is 0 Å². The molecule has 1 heterocycles. The van der Waals surface area contributed by atoms with E-state index in [1.54, 1.807) is 24.3 Å². The Bertz CT molecular complexity index is 1280. The van der Waals surface area contributed by atoms with Crippen LogP contribution in [-0.2, 0) is 9.53 Å². The third-order valence-electron chi connectivity index (χ3n) is 5.27. The number of aromatic nitrogens is 1. The summed E-state index contributed by atoms with van der Waals surface area (Å²) in [6, 6.07) is 16.7. The number of aryl methyl sites for hydroxylation is 3. The number of anilines is 1. The van der Waals surface area contributed by atoms with Crippen LogP contribution in [-0.4, -0.2) is 23.6 Å². The molecule has 0 saturated carbocycles. The highest BCUT2D eigenvalue weighted by Crippen LogP contribution is 2.26. The van der Waals surface area contributed by atoms with Crippen LogP contribution in [0.5, 0.6) is 0 Å². The first kappa shape index (κ1) is 22.6. The second-order valence-corrected chi connectivity index (χ2v) is 7.65. The minimum Gasteiger partial charge on any atom is -0.465 e. The molecule has 0 spiro atoms. The van der Waals surface area contributed by atoms with Crippen molar-refractivity contribution in [2.75, 3.05) is 12.4 Å². The standard InChI is InChI=1S/C26H25N3O3/c1-16-7-6-8-23(11-16)28-25(30)22(15-27)14-21-13-18(3)29(19(21)4)24-10-9-20(12-17(24)2)26(31)32-5/h6-14H,1-5H3,(H,28,30)/b22-14-. The van der Waals surface area contributed by atoms with Crippen LogP contribution in [0, 0.1) is 39.0 Å². The number of carbonyl (C=O) groups excluding carboxylic acids is 2. The molecule has 1 aromatic heterocycles. The zero-order valence-electron chi connectivity index (χ0n) is 18.8. The van der Waals surface area contributed by atoms with Gasteiger partial charge in [-0.05, 0) is 86.9 Å². The van der Waals surface area contributed by atoms with Crippen molar-refractivity contribution in [1.82, 2.24) is 4.57 Å². The molecule has 1 N–H and O–H groups in total. The van der Waals surface area contributed by atoms with Crippen molar-refractivity contribution in [3.8, 4) is 11.8 Å². The Morgan fingerprint density at radius 3 is 2.44 bits per heavy atom. The number of hydrogen-bond donors (Lipinski definition) is 1. The lowest BCUT2D eigenvalue weighted by molar-refractivity contribution is -0.112. The van der Waals surface area contributed by atoms with Crippen molar-refractivity contribution in [2.24, 2.45) is 0 Å². The van der Waals surface area contributed by atoms with Crippen LogP contribution in [0.4, 0.5) is 5.69 Å². The fourth-order valence-electron chi connectivity index (χ4n) is 3.68. The maximum absolute atomic E-state index is 12.7. The van der Waals surface area contributed by atoms with Gasteiger partial charge in [0, 0.05) is 22.8 Å². The summed E-state index contributed by atoms with van der Waals surface area (Å²) in [6.45, 7) is 7.74. The Labute approximate surface area is 187 Å². The molecule has 2 aromatic carbocycles. The Kier molecular flexibility index (Phi) is 6.60. The molecule has 162 valence electrons. The van der Waals surface area contributed by atoms with Gasteiger partial charge in [0.2, 0.25) is 0 Å². The molecular formula is C26H25N3O3. The minimum atomic E-state index is -0.457. The average Bonchev–Trinajstić information content (AvgIpc) is 3.04. The molecule has 0 fully saturated rings. The fraction of sp³-hybridized carbons (Fsp3) is 0.192. The third-order valence-corrected chi connectivity index (χ3v) is 5.27. The largest absolute Gasteiger partial charge is 0.465 e. The van der Waals surface area contributed by atoms with Crippen molar-refractivity contribution in [3.63, 3.8) is 0 Å². The molecule has 0 saturated heterocycles. The molecule has 0 atom stereocenters. The molecule has 0 aliphatic rings. The van der Waals surface area contributed by atoms with Gasteiger partial charge in [-0.1, -0.05) is 12.1 Å². The highest BCUT2D eigenvalue weighted by Gasteiger charge is 2.16. The first-order valence-corrected chi connectivity index (χ1v) is 10.1. The second kappa shape index (κ2) is 9.36. The van der Waals surface area contributed by atoms with Crippen molar-refractivity contribution in [3.05, 3.63) is 87.7 Å². The topological polar surface area (TPSA) is 84.1 Å². The van der Waals surface area contributed by atoms with Crippen LogP contribution in [0.25, 0.3) is 11.8 Å². The molecule has 6 heteroatoms. The smallest absolute Gasteiger partial charge is 0.337 e. The number of carbonyl (C=O) groups is 2. The Hall–Kier alpha value is -4.11. The maximum Gasteiger partial charge on any atom is 0.337 e. The lowest BCUT2D eigenvalue weighted by atomic mass is 10.1. The van der Waals surface area contributed by atoms with Gasteiger partial charge in [-0.15, -0.1) is 0 Å². The van der Waals surface area contributed by atoms with E-state index in [0.29, 0.717) is 11.3 Å². The normalized spacial score (nSPS) is 11.1. The molecular weight excluding hydrogens is 402 g/mol. The number of rotatable bonds is 5. The molecule has 3 rings (SSSR count). The number of amides is 1. The number of nitriles is 1. The number of esters is 1. The molecule has 3 aromatic rings. The van der Waals surface area contributed by atoms with Gasteiger partial charge in [0.15, 0.2) is 0 Å². The van der Waals surface area contributed by atoms with Crippen molar-refractivity contribution in [2.45, 2.75) is 27.7 Å². The van der Waals surface area contributed by atoms with Gasteiger partial charge in [-0.3, -0.25) is 4.79 Å². The zero-order chi connectivity index (χ0) is 23.4. The first-order valence-electron chi connectivity index (χ1n) is 10.1. The second-order valence-electron chi connectivity index (χ2n) is 7.65. The van der Waals surface area contributed by atoms with Gasteiger partial charge in [0.1, 0.15) is 11.6 Å². The van der Waals surface area contributed by atoms with Crippen LogP contribution in [0.3, 0.4) is 0 Å². The number of methoxy groups -OCH3 is 1. The summed E-state index contributed by atoms with van der Waals surface area (Å²) >= 11 is 0. The van der Waals surface area contributed by atoms with Gasteiger partial charge in [0.25, 0.3) is 5.91 Å². The van der Waals surface area contributed by atoms with Gasteiger partial charge >= 0.3 is 5.97 Å². The predicted molar refractivity (Wildman–Crippen MR) is 125 cm³/mol. The third kappa shape index (κ3) is 4.62. The van der Waals surface area contributed by atoms with E-state index in [0.717, 1.165) is 33.8 Å². The Balaban J connectivity index is 1.96. The zero-order valence-corrected chi connectivity index (χ0v) is 18.8. The Morgan fingerprint density at radius 1 is 1.06 bits per heavy atom. The average molecular weight is 428 g/mol. The van der Waals surface area contributed by atoms with Crippen LogP contribution < -0.4 is 5.32 Å². The quantitative estimate of drug-likeness (QED) is 0.351. The summed E-state index contributed by atoms with van der Waals surface area (Å²) in [5.41, 5.74) is 6.57. The number of ether oxygens (including phenoxy) is 1. The van der Waals surface area contributed by atoms with Gasteiger partial charge < -0.3 is 14.6 Å². The van der Waals surface area contributed by atoms with Crippen molar-refractivity contribution >= 4 is 23.6 Å². The van der Waals surface area contributed by atoms with Crippen LogP contribution in [0.2, 0.25) is 0 Å². The molecule has 32 heavy (non-hydrogen) atoms. The highest BCUT2D eigenvalue weighted by molar-refractivity contribution is 6.09. The molecule has 0 aliphatic carbocycles. The van der Waals surface area contributed by atoms with E-state index in [4.69, 9.17) is 4.74 Å². The Morgan fingerprint density at radius 2 is 1.81 bits per heavy atom. The van der Waals surface area contributed by atoms with Crippen molar-refractivity contribution < 1.29 is 14.3 Å². The summed E-state index contributed by atoms with van der Waals surface area (Å²) in [7, 11) is 1.35. The van der Waals surface area contributed by atoms with E-state index in [1.807, 2.05) is 68.7 Å². The SMILES string of the molecule is COC(=O)c1ccc(-n2c(C)cc(/C=C(/C#N)C(=O)Nc3cccc(C)c3)c2C)c(C)c1. The molecule has 1 amide bonds. The summed E-state index contributed by atoms with van der Waals surface area (Å²) in [4.78, 5) is 24.5. The molecule has 0 unspecified atom stereocenters. The molecule has 0 aliphatic heterocycles. The summed E-state index contributed by atoms with van der Waals surface area (Å²) in [5, 5.41) is 12.4.